The highest BCUT2D eigenvalue weighted by atomic mass is 32.2. The smallest absolute Gasteiger partial charge is 0.0576 e. The van der Waals surface area contributed by atoms with Crippen molar-refractivity contribution < 1.29 is 4.74 Å². The van der Waals surface area contributed by atoms with Gasteiger partial charge < -0.3 is 15.0 Å². The fourth-order valence-electron chi connectivity index (χ4n) is 3.10. The summed E-state index contributed by atoms with van der Waals surface area (Å²) < 4.78 is 5.70. The van der Waals surface area contributed by atoms with E-state index in [0.717, 1.165) is 6.61 Å². The first kappa shape index (κ1) is 14.6. The van der Waals surface area contributed by atoms with Crippen LogP contribution in [0.2, 0.25) is 0 Å². The number of hydrogen-bond acceptors (Lipinski definition) is 4. The minimum absolute atomic E-state index is 0.556. The molecule has 0 aromatic heterocycles. The molecule has 4 heteroatoms. The van der Waals surface area contributed by atoms with Crippen LogP contribution in [-0.4, -0.2) is 61.8 Å². The number of nitrogens with zero attached hydrogens (tertiary/aromatic N) is 1. The van der Waals surface area contributed by atoms with Crippen LogP contribution in [0.25, 0.3) is 0 Å². The van der Waals surface area contributed by atoms with Gasteiger partial charge >= 0.3 is 0 Å². The van der Waals surface area contributed by atoms with Crippen LogP contribution in [0.15, 0.2) is 0 Å². The number of likely N-dealkylation sites (N-methyl/N-ethyl adjacent to an activating group) is 2. The quantitative estimate of drug-likeness (QED) is 0.799. The lowest BCUT2D eigenvalue weighted by Gasteiger charge is -2.37. The maximum atomic E-state index is 5.70. The van der Waals surface area contributed by atoms with E-state index >= 15 is 0 Å². The number of nitrogens with one attached hydrogen (secondary N) is 1. The van der Waals surface area contributed by atoms with E-state index < -0.39 is 0 Å². The molecule has 1 N–H and O–H groups in total. The molecule has 0 amide bonds. The molecule has 0 bridgehead atoms. The Labute approximate surface area is 116 Å². The Bertz CT molecular complexity index is 234. The Morgan fingerprint density at radius 3 is 3.06 bits per heavy atom. The zero-order valence-electron chi connectivity index (χ0n) is 11.9. The van der Waals surface area contributed by atoms with Gasteiger partial charge in [-0.1, -0.05) is 0 Å². The lowest BCUT2D eigenvalue weighted by Crippen LogP contribution is -2.51. The van der Waals surface area contributed by atoms with Gasteiger partial charge in [-0.25, -0.2) is 0 Å². The molecule has 3 nitrogen and oxygen atoms in total. The molecule has 18 heavy (non-hydrogen) atoms. The fourth-order valence-corrected chi connectivity index (χ4v) is 4.41. The highest BCUT2D eigenvalue weighted by Crippen LogP contribution is 2.22. The van der Waals surface area contributed by atoms with Gasteiger partial charge in [0.15, 0.2) is 0 Å². The maximum Gasteiger partial charge on any atom is 0.0576 e. The molecule has 2 aliphatic rings. The first-order valence-electron chi connectivity index (χ1n) is 7.38. The van der Waals surface area contributed by atoms with Crippen molar-refractivity contribution in [3.05, 3.63) is 0 Å². The fraction of sp³-hybridized carbons (Fsp3) is 1.00. The number of rotatable bonds is 6. The molecule has 2 heterocycles. The van der Waals surface area contributed by atoms with Crippen molar-refractivity contribution in [2.75, 3.05) is 38.8 Å². The summed E-state index contributed by atoms with van der Waals surface area (Å²) in [6, 6.07) is 1.35. The zero-order chi connectivity index (χ0) is 12.8. The van der Waals surface area contributed by atoms with Crippen molar-refractivity contribution in [1.29, 1.82) is 0 Å². The van der Waals surface area contributed by atoms with Gasteiger partial charge in [-0.05, 0) is 46.2 Å². The summed E-state index contributed by atoms with van der Waals surface area (Å²) in [5.41, 5.74) is 0. The molecule has 0 saturated carbocycles. The molecular weight excluding hydrogens is 244 g/mol. The minimum atomic E-state index is 0.556. The molecule has 0 aliphatic carbocycles. The van der Waals surface area contributed by atoms with E-state index in [1.807, 2.05) is 0 Å². The van der Waals surface area contributed by atoms with Crippen molar-refractivity contribution in [2.24, 2.45) is 0 Å². The van der Waals surface area contributed by atoms with Crippen LogP contribution in [-0.2, 0) is 4.74 Å². The Kier molecular flexibility index (Phi) is 6.29. The van der Waals surface area contributed by atoms with Crippen LogP contribution in [0, 0.1) is 0 Å². The van der Waals surface area contributed by atoms with Crippen molar-refractivity contribution in [3.63, 3.8) is 0 Å². The molecule has 2 rings (SSSR count). The van der Waals surface area contributed by atoms with Crippen LogP contribution >= 0.6 is 11.8 Å². The summed E-state index contributed by atoms with van der Waals surface area (Å²) in [6.07, 6.45) is 6.94. The van der Waals surface area contributed by atoms with E-state index in [9.17, 15) is 0 Å². The monoisotopic (exact) mass is 272 g/mol. The van der Waals surface area contributed by atoms with Crippen molar-refractivity contribution >= 4 is 11.8 Å². The Morgan fingerprint density at radius 2 is 2.39 bits per heavy atom. The van der Waals surface area contributed by atoms with Crippen LogP contribution in [0.4, 0.5) is 0 Å². The third-order valence-corrected chi connectivity index (χ3v) is 5.39. The lowest BCUT2D eigenvalue weighted by atomic mass is 9.99. The summed E-state index contributed by atoms with van der Waals surface area (Å²) in [5, 5.41) is 3.53. The van der Waals surface area contributed by atoms with Gasteiger partial charge in [0.2, 0.25) is 0 Å². The first-order valence-corrected chi connectivity index (χ1v) is 8.53. The van der Waals surface area contributed by atoms with E-state index in [1.165, 1.54) is 50.2 Å². The summed E-state index contributed by atoms with van der Waals surface area (Å²) in [6.45, 7) is 2.22. The predicted molar refractivity (Wildman–Crippen MR) is 79.4 cm³/mol. The zero-order valence-corrected chi connectivity index (χ0v) is 12.7. The van der Waals surface area contributed by atoms with E-state index in [4.69, 9.17) is 4.74 Å². The molecule has 2 fully saturated rings. The van der Waals surface area contributed by atoms with Crippen LogP contribution in [0.1, 0.15) is 32.1 Å². The maximum absolute atomic E-state index is 5.70. The van der Waals surface area contributed by atoms with Gasteiger partial charge in [-0.2, -0.15) is 11.8 Å². The average Bonchev–Trinajstić information content (AvgIpc) is 2.89. The molecule has 3 atom stereocenters. The average molecular weight is 272 g/mol. The van der Waals surface area contributed by atoms with Gasteiger partial charge in [0.1, 0.15) is 0 Å². The molecular formula is C14H28N2OS. The summed E-state index contributed by atoms with van der Waals surface area (Å²) in [5.74, 6) is 2.57. The third-order valence-electron chi connectivity index (χ3n) is 4.34. The van der Waals surface area contributed by atoms with Gasteiger partial charge in [-0.15, -0.1) is 0 Å². The topological polar surface area (TPSA) is 24.5 Å². The van der Waals surface area contributed by atoms with E-state index in [0.29, 0.717) is 18.2 Å². The third kappa shape index (κ3) is 4.12. The van der Waals surface area contributed by atoms with E-state index in [2.05, 4.69) is 36.1 Å². The number of thioether (sulfide) groups is 1. The first-order chi connectivity index (χ1) is 8.81. The molecule has 0 aromatic rings. The normalized spacial score (nSPS) is 31.7. The molecule has 0 radical (unpaired) electrons. The van der Waals surface area contributed by atoms with Crippen molar-refractivity contribution in [1.82, 2.24) is 10.2 Å². The standard InChI is InChI=1S/C14H28N2OS/c1-15-13(14-11-18-10-8-16(14)2)7-3-5-12-6-4-9-17-12/h12-15H,3-11H2,1-2H3. The molecule has 0 spiro atoms. The molecule has 2 aliphatic heterocycles. The largest absolute Gasteiger partial charge is 0.378 e. The highest BCUT2D eigenvalue weighted by molar-refractivity contribution is 7.99. The van der Waals surface area contributed by atoms with E-state index in [1.54, 1.807) is 0 Å². The molecule has 2 saturated heterocycles. The SMILES string of the molecule is CNC(CCCC1CCCO1)C1CSCCN1C. The number of ether oxygens (including phenoxy) is 1. The molecule has 3 unspecified atom stereocenters. The predicted octanol–water partition coefficient (Wildman–Crippen LogP) is 1.97. The highest BCUT2D eigenvalue weighted by Gasteiger charge is 2.27. The van der Waals surface area contributed by atoms with Crippen LogP contribution in [0.5, 0.6) is 0 Å². The van der Waals surface area contributed by atoms with Gasteiger partial charge in [0.05, 0.1) is 6.10 Å². The molecule has 106 valence electrons. The Hall–Kier alpha value is 0.230. The summed E-state index contributed by atoms with van der Waals surface area (Å²) in [7, 11) is 4.39. The lowest BCUT2D eigenvalue weighted by molar-refractivity contribution is 0.0997. The second-order valence-electron chi connectivity index (χ2n) is 5.58. The second-order valence-corrected chi connectivity index (χ2v) is 6.73. The Balaban J connectivity index is 1.70. The van der Waals surface area contributed by atoms with Crippen LogP contribution in [0.3, 0.4) is 0 Å². The molecule has 0 aromatic carbocycles. The second kappa shape index (κ2) is 7.73. The van der Waals surface area contributed by atoms with Crippen molar-refractivity contribution in [2.45, 2.75) is 50.3 Å². The number of hydrogen-bond donors (Lipinski definition) is 1. The minimum Gasteiger partial charge on any atom is -0.378 e. The summed E-state index contributed by atoms with van der Waals surface area (Å²) in [4.78, 5) is 2.53. The van der Waals surface area contributed by atoms with Crippen molar-refractivity contribution in [3.8, 4) is 0 Å². The van der Waals surface area contributed by atoms with Gasteiger partial charge in [-0.3, -0.25) is 0 Å². The Morgan fingerprint density at radius 1 is 1.50 bits per heavy atom. The van der Waals surface area contributed by atoms with Crippen LogP contribution < -0.4 is 5.32 Å². The van der Waals surface area contributed by atoms with E-state index in [-0.39, 0.29) is 0 Å². The van der Waals surface area contributed by atoms with Gasteiger partial charge in [0, 0.05) is 36.7 Å². The van der Waals surface area contributed by atoms with Gasteiger partial charge in [0.25, 0.3) is 0 Å². The summed E-state index contributed by atoms with van der Waals surface area (Å²) >= 11 is 2.10.